The van der Waals surface area contributed by atoms with Crippen LogP contribution in [0.15, 0.2) is 30.5 Å². The van der Waals surface area contributed by atoms with Crippen molar-refractivity contribution in [3.63, 3.8) is 0 Å². The van der Waals surface area contributed by atoms with Crippen LogP contribution in [0.25, 0.3) is 10.9 Å². The Hall–Kier alpha value is -1.81. The molecule has 0 unspecified atom stereocenters. The predicted molar refractivity (Wildman–Crippen MR) is 75.3 cm³/mol. The lowest BCUT2D eigenvalue weighted by atomic mass is 10.2. The Balaban J connectivity index is 1.83. The third kappa shape index (κ3) is 2.36. The molecule has 1 aromatic carbocycles. The lowest BCUT2D eigenvalue weighted by Crippen LogP contribution is -2.29. The summed E-state index contributed by atoms with van der Waals surface area (Å²) in [7, 11) is 0. The van der Waals surface area contributed by atoms with Gasteiger partial charge >= 0.3 is 0 Å². The molecule has 1 aliphatic rings. The van der Waals surface area contributed by atoms with Gasteiger partial charge in [-0.05, 0) is 30.7 Å². The maximum Gasteiger partial charge on any atom is 0.224 e. The molecule has 1 aliphatic heterocycles. The van der Waals surface area contributed by atoms with Crippen molar-refractivity contribution >= 4 is 22.5 Å². The molecule has 0 aliphatic carbocycles. The summed E-state index contributed by atoms with van der Waals surface area (Å²) < 4.78 is 7.48. The Labute approximate surface area is 112 Å². The van der Waals surface area contributed by atoms with Crippen LogP contribution in [0.4, 0.5) is 5.69 Å². The third-order valence-electron chi connectivity index (χ3n) is 3.50. The van der Waals surface area contributed by atoms with Crippen molar-refractivity contribution < 1.29 is 9.53 Å². The highest BCUT2D eigenvalue weighted by Gasteiger charge is 2.21. The molecule has 1 fully saturated rings. The summed E-state index contributed by atoms with van der Waals surface area (Å²) in [5, 5.41) is 4.08. The van der Waals surface area contributed by atoms with Crippen LogP contribution in [-0.4, -0.2) is 23.7 Å². The Bertz CT molecular complexity index is 599. The maximum absolute atomic E-state index is 11.6. The first kappa shape index (κ1) is 12.2. The van der Waals surface area contributed by atoms with Crippen molar-refractivity contribution in [1.82, 2.24) is 4.57 Å². The zero-order valence-electron chi connectivity index (χ0n) is 11.1. The van der Waals surface area contributed by atoms with Gasteiger partial charge in [0.25, 0.3) is 0 Å². The molecule has 19 heavy (non-hydrogen) atoms. The number of nitrogens with zero attached hydrogens (tertiary/aromatic N) is 1. The van der Waals surface area contributed by atoms with Crippen LogP contribution in [0.2, 0.25) is 0 Å². The van der Waals surface area contributed by atoms with Gasteiger partial charge in [-0.1, -0.05) is 6.92 Å². The number of benzene rings is 1. The van der Waals surface area contributed by atoms with Crippen molar-refractivity contribution in [2.75, 3.05) is 18.5 Å². The normalized spacial score (nSPS) is 15.4. The van der Waals surface area contributed by atoms with E-state index in [0.717, 1.165) is 30.7 Å². The number of fused-ring (bicyclic) bond motifs is 1. The molecule has 0 spiro atoms. The molecule has 0 atom stereocenters. The topological polar surface area (TPSA) is 43.3 Å². The van der Waals surface area contributed by atoms with Crippen molar-refractivity contribution in [1.29, 1.82) is 0 Å². The molecule has 4 nitrogen and oxygen atoms in total. The molecule has 2 heterocycles. The number of ether oxygens (including phenoxy) is 1. The van der Waals surface area contributed by atoms with Gasteiger partial charge in [-0.25, -0.2) is 0 Å². The molecule has 0 saturated carbocycles. The van der Waals surface area contributed by atoms with E-state index in [-0.39, 0.29) is 5.91 Å². The first-order valence-electron chi connectivity index (χ1n) is 6.76. The second kappa shape index (κ2) is 5.05. The number of aromatic nitrogens is 1. The van der Waals surface area contributed by atoms with Crippen LogP contribution >= 0.6 is 0 Å². The van der Waals surface area contributed by atoms with Gasteiger partial charge in [0.1, 0.15) is 0 Å². The molecule has 1 aromatic heterocycles. The van der Waals surface area contributed by atoms with Crippen LogP contribution in [0.3, 0.4) is 0 Å². The lowest BCUT2D eigenvalue weighted by Gasteiger charge is -2.28. The largest absolute Gasteiger partial charge is 0.377 e. The minimum absolute atomic E-state index is 0.0775. The predicted octanol–water partition coefficient (Wildman–Crippen LogP) is 2.95. The first-order chi connectivity index (χ1) is 9.28. The average Bonchev–Trinajstić information content (AvgIpc) is 2.70. The van der Waals surface area contributed by atoms with Crippen LogP contribution in [0.5, 0.6) is 0 Å². The van der Waals surface area contributed by atoms with E-state index in [1.807, 2.05) is 19.1 Å². The van der Waals surface area contributed by atoms with Gasteiger partial charge in [-0.15, -0.1) is 0 Å². The molecule has 1 amide bonds. The molecule has 100 valence electrons. The number of rotatable bonds is 4. The molecule has 1 N–H and O–H groups in total. The molecular weight excluding hydrogens is 240 g/mol. The van der Waals surface area contributed by atoms with Crippen molar-refractivity contribution in [2.45, 2.75) is 25.8 Å². The first-order valence-corrected chi connectivity index (χ1v) is 6.76. The van der Waals surface area contributed by atoms with Gasteiger partial charge in [-0.3, -0.25) is 4.79 Å². The summed E-state index contributed by atoms with van der Waals surface area (Å²) in [6.07, 6.45) is 3.53. The lowest BCUT2D eigenvalue weighted by molar-refractivity contribution is -0.116. The van der Waals surface area contributed by atoms with Gasteiger partial charge in [-0.2, -0.15) is 0 Å². The molecule has 0 bridgehead atoms. The summed E-state index contributed by atoms with van der Waals surface area (Å²) in [4.78, 5) is 11.6. The fourth-order valence-corrected chi connectivity index (χ4v) is 2.39. The zero-order chi connectivity index (χ0) is 13.2. The van der Waals surface area contributed by atoms with E-state index in [9.17, 15) is 4.79 Å². The van der Waals surface area contributed by atoms with Gasteiger partial charge < -0.3 is 14.6 Å². The molecule has 4 heteroatoms. The number of hydrogen-bond donors (Lipinski definition) is 1. The van der Waals surface area contributed by atoms with E-state index in [2.05, 4.69) is 28.2 Å². The smallest absolute Gasteiger partial charge is 0.224 e. The van der Waals surface area contributed by atoms with E-state index >= 15 is 0 Å². The second-order valence-electron chi connectivity index (χ2n) is 4.99. The number of hydrogen-bond acceptors (Lipinski definition) is 2. The van der Waals surface area contributed by atoms with E-state index in [0.29, 0.717) is 12.5 Å². The zero-order valence-corrected chi connectivity index (χ0v) is 11.1. The molecule has 2 aromatic rings. The molecular formula is C15H18N2O2. The van der Waals surface area contributed by atoms with Crippen molar-refractivity contribution in [3.05, 3.63) is 30.5 Å². The van der Waals surface area contributed by atoms with Crippen LogP contribution in [0.1, 0.15) is 25.8 Å². The summed E-state index contributed by atoms with van der Waals surface area (Å²) >= 11 is 0. The monoisotopic (exact) mass is 258 g/mol. The number of anilines is 1. The quantitative estimate of drug-likeness (QED) is 0.916. The highest BCUT2D eigenvalue weighted by atomic mass is 16.5. The fourth-order valence-electron chi connectivity index (χ4n) is 2.39. The van der Waals surface area contributed by atoms with Crippen LogP contribution < -0.4 is 5.32 Å². The second-order valence-corrected chi connectivity index (χ2v) is 4.99. The molecule has 3 rings (SSSR count). The SMILES string of the molecule is CCCC(=O)Nc1ccc2c(ccn2C2COC2)c1. The Kier molecular flexibility index (Phi) is 3.25. The highest BCUT2D eigenvalue weighted by molar-refractivity contribution is 5.93. The summed E-state index contributed by atoms with van der Waals surface area (Å²) in [6, 6.07) is 8.60. The summed E-state index contributed by atoms with van der Waals surface area (Å²) in [5.41, 5.74) is 2.07. The standard InChI is InChI=1S/C15H18N2O2/c1-2-3-15(18)16-12-4-5-14-11(8-12)6-7-17(14)13-9-19-10-13/h4-8,13H,2-3,9-10H2,1H3,(H,16,18). The van der Waals surface area contributed by atoms with Crippen LogP contribution in [0, 0.1) is 0 Å². The highest BCUT2D eigenvalue weighted by Crippen LogP contribution is 2.26. The molecule has 0 radical (unpaired) electrons. The van der Waals surface area contributed by atoms with E-state index < -0.39 is 0 Å². The van der Waals surface area contributed by atoms with Crippen molar-refractivity contribution in [2.24, 2.45) is 0 Å². The fraction of sp³-hybridized carbons (Fsp3) is 0.400. The average molecular weight is 258 g/mol. The Morgan fingerprint density at radius 2 is 2.26 bits per heavy atom. The molecule has 1 saturated heterocycles. The van der Waals surface area contributed by atoms with Gasteiger partial charge in [0, 0.05) is 29.2 Å². The number of nitrogens with one attached hydrogen (secondary N) is 1. The van der Waals surface area contributed by atoms with Gasteiger partial charge in [0.2, 0.25) is 5.91 Å². The third-order valence-corrected chi connectivity index (χ3v) is 3.50. The summed E-state index contributed by atoms with van der Waals surface area (Å²) in [6.45, 7) is 3.58. The minimum Gasteiger partial charge on any atom is -0.377 e. The number of carbonyl (C=O) groups excluding carboxylic acids is 1. The van der Waals surface area contributed by atoms with Crippen molar-refractivity contribution in [3.8, 4) is 0 Å². The summed E-state index contributed by atoms with van der Waals surface area (Å²) in [5.74, 6) is 0.0775. The maximum atomic E-state index is 11.6. The Morgan fingerprint density at radius 3 is 2.95 bits per heavy atom. The number of amides is 1. The van der Waals surface area contributed by atoms with Crippen LogP contribution in [-0.2, 0) is 9.53 Å². The Morgan fingerprint density at radius 1 is 1.42 bits per heavy atom. The van der Waals surface area contributed by atoms with Gasteiger partial charge in [0.15, 0.2) is 0 Å². The minimum atomic E-state index is 0.0775. The van der Waals surface area contributed by atoms with Gasteiger partial charge in [0.05, 0.1) is 19.3 Å². The number of carbonyl (C=O) groups is 1. The van der Waals surface area contributed by atoms with E-state index in [4.69, 9.17) is 4.74 Å². The van der Waals surface area contributed by atoms with E-state index in [1.165, 1.54) is 5.52 Å². The van der Waals surface area contributed by atoms with E-state index in [1.54, 1.807) is 0 Å².